The summed E-state index contributed by atoms with van der Waals surface area (Å²) in [5.74, 6) is 0.177. The lowest BCUT2D eigenvalue weighted by atomic mass is 9.95. The molecule has 1 fully saturated rings. The second kappa shape index (κ2) is 11.6. The summed E-state index contributed by atoms with van der Waals surface area (Å²) < 4.78 is 5.00. The van der Waals surface area contributed by atoms with Crippen LogP contribution in [0.2, 0.25) is 0 Å². The van der Waals surface area contributed by atoms with E-state index < -0.39 is 4.92 Å². The standard InChI is InChI=1S/C22H28N4O5S/c1-31-17-4-5-19(20(15-17)26(29)30)24-21(27)9-13-25-11-7-16(8-12-25)22(28)23-10-6-18-3-2-14-32-18/h2-5,14-16H,6-13H2,1H3,(H,23,28)(H,24,27). The first-order valence-electron chi connectivity index (χ1n) is 10.6. The van der Waals surface area contributed by atoms with Crippen LogP contribution in [0, 0.1) is 16.0 Å². The number of piperidine rings is 1. The van der Waals surface area contributed by atoms with E-state index in [4.69, 9.17) is 4.74 Å². The number of hydrogen-bond acceptors (Lipinski definition) is 7. The van der Waals surface area contributed by atoms with Crippen LogP contribution in [0.1, 0.15) is 24.1 Å². The Kier molecular flexibility index (Phi) is 8.57. The highest BCUT2D eigenvalue weighted by Crippen LogP contribution is 2.29. The molecule has 1 saturated heterocycles. The first-order valence-corrected chi connectivity index (χ1v) is 11.5. The molecule has 0 radical (unpaired) electrons. The van der Waals surface area contributed by atoms with Gasteiger partial charge in [-0.1, -0.05) is 6.07 Å². The summed E-state index contributed by atoms with van der Waals surface area (Å²) in [5, 5.41) is 18.9. The summed E-state index contributed by atoms with van der Waals surface area (Å²) in [7, 11) is 1.43. The van der Waals surface area contributed by atoms with Crippen molar-refractivity contribution in [2.75, 3.05) is 38.6 Å². The molecule has 2 aromatic rings. The molecule has 2 N–H and O–H groups in total. The van der Waals surface area contributed by atoms with Crippen LogP contribution in [-0.2, 0) is 16.0 Å². The second-order valence-electron chi connectivity index (χ2n) is 7.67. The Morgan fingerprint density at radius 3 is 2.72 bits per heavy atom. The quantitative estimate of drug-likeness (QED) is 0.416. The van der Waals surface area contributed by atoms with E-state index in [-0.39, 0.29) is 35.5 Å². The number of hydrogen-bond donors (Lipinski definition) is 2. The van der Waals surface area contributed by atoms with Crippen molar-refractivity contribution < 1.29 is 19.2 Å². The van der Waals surface area contributed by atoms with Crippen LogP contribution in [0.4, 0.5) is 11.4 Å². The second-order valence-corrected chi connectivity index (χ2v) is 8.71. The Balaban J connectivity index is 1.38. The Hall–Kier alpha value is -2.98. The van der Waals surface area contributed by atoms with Gasteiger partial charge in [-0.05, 0) is 55.9 Å². The van der Waals surface area contributed by atoms with Crippen molar-refractivity contribution in [3.8, 4) is 5.75 Å². The Morgan fingerprint density at radius 1 is 1.28 bits per heavy atom. The molecule has 3 rings (SSSR count). The monoisotopic (exact) mass is 460 g/mol. The Bertz CT molecular complexity index is 926. The van der Waals surface area contributed by atoms with Gasteiger partial charge in [-0.2, -0.15) is 0 Å². The zero-order valence-electron chi connectivity index (χ0n) is 18.0. The highest BCUT2D eigenvalue weighted by Gasteiger charge is 2.25. The number of nitrogens with one attached hydrogen (secondary N) is 2. The molecule has 1 aliphatic heterocycles. The molecule has 0 saturated carbocycles. The molecule has 1 aliphatic rings. The maximum Gasteiger partial charge on any atom is 0.296 e. The maximum atomic E-state index is 12.4. The lowest BCUT2D eigenvalue weighted by molar-refractivity contribution is -0.384. The number of methoxy groups -OCH3 is 1. The van der Waals surface area contributed by atoms with Crippen molar-refractivity contribution >= 4 is 34.5 Å². The predicted octanol–water partition coefficient (Wildman–Crippen LogP) is 3.06. The number of nitrogens with zero attached hydrogens (tertiary/aromatic N) is 2. The number of thiophene rings is 1. The van der Waals surface area contributed by atoms with Crippen LogP contribution in [0.3, 0.4) is 0 Å². The van der Waals surface area contributed by atoms with Crippen molar-refractivity contribution in [1.82, 2.24) is 10.2 Å². The number of amides is 2. The molecule has 0 atom stereocenters. The van der Waals surface area contributed by atoms with Gasteiger partial charge in [-0.25, -0.2) is 0 Å². The SMILES string of the molecule is COc1ccc(NC(=O)CCN2CCC(C(=O)NCCc3cccs3)CC2)c([N+](=O)[O-])c1. The van der Waals surface area contributed by atoms with E-state index in [0.717, 1.165) is 32.4 Å². The van der Waals surface area contributed by atoms with Gasteiger partial charge >= 0.3 is 0 Å². The Labute approximate surface area is 190 Å². The molecule has 32 heavy (non-hydrogen) atoms. The average Bonchev–Trinajstić information content (AvgIpc) is 3.31. The van der Waals surface area contributed by atoms with Crippen molar-refractivity contribution in [3.05, 3.63) is 50.7 Å². The van der Waals surface area contributed by atoms with Crippen molar-refractivity contribution in [3.63, 3.8) is 0 Å². The highest BCUT2D eigenvalue weighted by molar-refractivity contribution is 7.09. The summed E-state index contributed by atoms with van der Waals surface area (Å²) >= 11 is 1.69. The van der Waals surface area contributed by atoms with Gasteiger partial charge in [0.1, 0.15) is 11.4 Å². The molecule has 1 aromatic heterocycles. The summed E-state index contributed by atoms with van der Waals surface area (Å²) in [6.07, 6.45) is 2.59. The lowest BCUT2D eigenvalue weighted by Crippen LogP contribution is -2.41. The molecule has 0 unspecified atom stereocenters. The molecule has 0 bridgehead atoms. The number of ether oxygens (including phenoxy) is 1. The summed E-state index contributed by atoms with van der Waals surface area (Å²) in [6, 6.07) is 8.40. The van der Waals surface area contributed by atoms with E-state index >= 15 is 0 Å². The summed E-state index contributed by atoms with van der Waals surface area (Å²) in [4.78, 5) is 38.8. The molecule has 9 nitrogen and oxygen atoms in total. The van der Waals surface area contributed by atoms with E-state index in [1.54, 1.807) is 17.4 Å². The van der Waals surface area contributed by atoms with E-state index in [1.165, 1.54) is 24.1 Å². The van der Waals surface area contributed by atoms with Crippen LogP contribution >= 0.6 is 11.3 Å². The third-order valence-electron chi connectivity index (χ3n) is 5.54. The fourth-order valence-electron chi connectivity index (χ4n) is 3.69. The highest BCUT2D eigenvalue weighted by atomic mass is 32.1. The minimum atomic E-state index is -0.547. The number of carbonyl (C=O) groups is 2. The molecule has 0 spiro atoms. The van der Waals surface area contributed by atoms with Gasteiger partial charge in [0.15, 0.2) is 0 Å². The summed E-state index contributed by atoms with van der Waals surface area (Å²) in [5.41, 5.74) is -0.0534. The van der Waals surface area contributed by atoms with Gasteiger partial charge < -0.3 is 20.3 Å². The topological polar surface area (TPSA) is 114 Å². The van der Waals surface area contributed by atoms with Crippen LogP contribution < -0.4 is 15.4 Å². The minimum Gasteiger partial charge on any atom is -0.496 e. The van der Waals surface area contributed by atoms with Crippen LogP contribution in [0.15, 0.2) is 35.7 Å². The number of rotatable bonds is 10. The molecule has 172 valence electrons. The van der Waals surface area contributed by atoms with Gasteiger partial charge in [0.05, 0.1) is 18.1 Å². The van der Waals surface area contributed by atoms with Crippen LogP contribution in [0.5, 0.6) is 5.75 Å². The Morgan fingerprint density at radius 2 is 2.06 bits per heavy atom. The van der Waals surface area contributed by atoms with Gasteiger partial charge in [0.25, 0.3) is 5.69 Å². The zero-order valence-corrected chi connectivity index (χ0v) is 18.9. The molecular weight excluding hydrogens is 432 g/mol. The number of benzene rings is 1. The number of likely N-dealkylation sites (tertiary alicyclic amines) is 1. The van der Waals surface area contributed by atoms with Crippen LogP contribution in [-0.4, -0.2) is 54.9 Å². The smallest absolute Gasteiger partial charge is 0.296 e. The molecule has 0 aliphatic carbocycles. The first-order chi connectivity index (χ1) is 15.5. The van der Waals surface area contributed by atoms with E-state index in [0.29, 0.717) is 18.8 Å². The predicted molar refractivity (Wildman–Crippen MR) is 123 cm³/mol. The molecule has 2 heterocycles. The van der Waals surface area contributed by atoms with Crippen molar-refractivity contribution in [1.29, 1.82) is 0 Å². The van der Waals surface area contributed by atoms with Crippen molar-refractivity contribution in [2.45, 2.75) is 25.7 Å². The number of nitro groups is 1. The van der Waals surface area contributed by atoms with Crippen LogP contribution in [0.25, 0.3) is 0 Å². The summed E-state index contributed by atoms with van der Waals surface area (Å²) in [6.45, 7) is 2.69. The third kappa shape index (κ3) is 6.76. The van der Waals surface area contributed by atoms with E-state index in [9.17, 15) is 19.7 Å². The van der Waals surface area contributed by atoms with Gasteiger partial charge in [0.2, 0.25) is 11.8 Å². The minimum absolute atomic E-state index is 0.00496. The normalized spacial score (nSPS) is 14.7. The van der Waals surface area contributed by atoms with Gasteiger partial charge in [0, 0.05) is 30.3 Å². The number of carbonyl (C=O) groups excluding carboxylic acids is 2. The fraction of sp³-hybridized carbons (Fsp3) is 0.455. The third-order valence-corrected chi connectivity index (χ3v) is 6.48. The fourth-order valence-corrected chi connectivity index (χ4v) is 4.40. The zero-order chi connectivity index (χ0) is 22.9. The number of anilines is 1. The molecule has 2 amide bonds. The molecule has 10 heteroatoms. The van der Waals surface area contributed by atoms with E-state index in [2.05, 4.69) is 21.6 Å². The molecular formula is C22H28N4O5S. The number of nitro benzene ring substituents is 1. The average molecular weight is 461 g/mol. The largest absolute Gasteiger partial charge is 0.496 e. The van der Waals surface area contributed by atoms with Gasteiger partial charge in [-0.3, -0.25) is 19.7 Å². The molecule has 1 aromatic carbocycles. The first kappa shape index (κ1) is 23.7. The van der Waals surface area contributed by atoms with Gasteiger partial charge in [-0.15, -0.1) is 11.3 Å². The maximum absolute atomic E-state index is 12.4. The van der Waals surface area contributed by atoms with Crippen molar-refractivity contribution in [2.24, 2.45) is 5.92 Å². The van der Waals surface area contributed by atoms with E-state index in [1.807, 2.05) is 11.4 Å². The lowest BCUT2D eigenvalue weighted by Gasteiger charge is -2.31.